The highest BCUT2D eigenvalue weighted by molar-refractivity contribution is 5.81. The van der Waals surface area contributed by atoms with Crippen LogP contribution in [0.15, 0.2) is 30.3 Å². The number of hydrogen-bond donors (Lipinski definition) is 2. The largest absolute Gasteiger partial charge is 0.353 e. The van der Waals surface area contributed by atoms with Gasteiger partial charge in [-0.05, 0) is 25.1 Å². The predicted octanol–water partition coefficient (Wildman–Crippen LogP) is 1.01. The van der Waals surface area contributed by atoms with Crippen molar-refractivity contribution in [1.82, 2.24) is 10.2 Å². The van der Waals surface area contributed by atoms with Crippen molar-refractivity contribution in [3.8, 4) is 0 Å². The highest BCUT2D eigenvalue weighted by Crippen LogP contribution is 2.01. The summed E-state index contributed by atoms with van der Waals surface area (Å²) in [6.45, 7) is 7.77. The van der Waals surface area contributed by atoms with Gasteiger partial charge in [-0.15, -0.1) is 0 Å². The van der Waals surface area contributed by atoms with Crippen molar-refractivity contribution in [1.29, 1.82) is 0 Å². The van der Waals surface area contributed by atoms with Crippen LogP contribution in [0.3, 0.4) is 0 Å². The minimum Gasteiger partial charge on any atom is -0.353 e. The molecule has 0 bridgehead atoms. The average Bonchev–Trinajstić information content (AvgIpc) is 2.44. The molecule has 0 aromatic heterocycles. The van der Waals surface area contributed by atoms with Gasteiger partial charge in [-0.3, -0.25) is 4.79 Å². The molecule has 19 heavy (non-hydrogen) atoms. The molecule has 0 saturated carbocycles. The Kier molecular flexibility index (Phi) is 7.15. The lowest BCUT2D eigenvalue weighted by molar-refractivity contribution is -0.122. The van der Waals surface area contributed by atoms with E-state index in [0.717, 1.165) is 25.2 Å². The molecule has 3 N–H and O–H groups in total. The van der Waals surface area contributed by atoms with E-state index in [9.17, 15) is 4.79 Å². The molecule has 0 aliphatic carbocycles. The molecule has 106 valence electrons. The Morgan fingerprint density at radius 3 is 2.47 bits per heavy atom. The molecule has 0 heterocycles. The first-order valence-corrected chi connectivity index (χ1v) is 6.97. The number of nitrogens with zero attached hydrogens (tertiary/aromatic N) is 1. The quantitative estimate of drug-likeness (QED) is 0.736. The van der Waals surface area contributed by atoms with Crippen LogP contribution in [-0.4, -0.2) is 43.0 Å². The topological polar surface area (TPSA) is 58.4 Å². The third-order valence-corrected chi connectivity index (χ3v) is 3.26. The van der Waals surface area contributed by atoms with Gasteiger partial charge in [-0.1, -0.05) is 44.2 Å². The standard InChI is InChI=1S/C15H25N3O/c1-3-18(4-2)11-10-17-15(19)14(16)12-13-8-6-5-7-9-13/h5-9,14H,3-4,10-12,16H2,1-2H3,(H,17,19). The fraction of sp³-hybridized carbons (Fsp3) is 0.533. The molecule has 1 atom stereocenters. The summed E-state index contributed by atoms with van der Waals surface area (Å²) in [5, 5.41) is 2.90. The lowest BCUT2D eigenvalue weighted by atomic mass is 10.1. The number of rotatable bonds is 8. The minimum absolute atomic E-state index is 0.0731. The van der Waals surface area contributed by atoms with Crippen LogP contribution in [0.5, 0.6) is 0 Å². The molecule has 0 saturated heterocycles. The summed E-state index contributed by atoms with van der Waals surface area (Å²) in [6, 6.07) is 9.38. The Morgan fingerprint density at radius 1 is 1.26 bits per heavy atom. The number of carbonyl (C=O) groups is 1. The third-order valence-electron chi connectivity index (χ3n) is 3.26. The first kappa shape index (κ1) is 15.7. The molecule has 0 fully saturated rings. The van der Waals surface area contributed by atoms with E-state index in [-0.39, 0.29) is 5.91 Å². The van der Waals surface area contributed by atoms with E-state index >= 15 is 0 Å². The number of nitrogens with one attached hydrogen (secondary N) is 1. The van der Waals surface area contributed by atoms with Gasteiger partial charge in [0.05, 0.1) is 6.04 Å². The Hall–Kier alpha value is -1.39. The summed E-state index contributed by atoms with van der Waals surface area (Å²) in [5.74, 6) is -0.0731. The third kappa shape index (κ3) is 5.85. The SMILES string of the molecule is CCN(CC)CCNC(=O)C(N)Cc1ccccc1. The highest BCUT2D eigenvalue weighted by Gasteiger charge is 2.13. The molecule has 1 rings (SSSR count). The van der Waals surface area contributed by atoms with Gasteiger partial charge in [0.1, 0.15) is 0 Å². The molecule has 1 aromatic carbocycles. The van der Waals surface area contributed by atoms with Crippen molar-refractivity contribution in [2.45, 2.75) is 26.3 Å². The number of likely N-dealkylation sites (N-methyl/N-ethyl adjacent to an activating group) is 1. The van der Waals surface area contributed by atoms with Crippen molar-refractivity contribution in [3.63, 3.8) is 0 Å². The van der Waals surface area contributed by atoms with Crippen LogP contribution in [0.1, 0.15) is 19.4 Å². The summed E-state index contributed by atoms with van der Waals surface area (Å²) in [6.07, 6.45) is 0.581. The summed E-state index contributed by atoms with van der Waals surface area (Å²) >= 11 is 0. The number of hydrogen-bond acceptors (Lipinski definition) is 3. The zero-order valence-electron chi connectivity index (χ0n) is 11.9. The van der Waals surface area contributed by atoms with Crippen LogP contribution in [0.25, 0.3) is 0 Å². The minimum atomic E-state index is -0.473. The van der Waals surface area contributed by atoms with Crippen molar-refractivity contribution >= 4 is 5.91 Å². The zero-order chi connectivity index (χ0) is 14.1. The summed E-state index contributed by atoms with van der Waals surface area (Å²) in [5.41, 5.74) is 7.00. The molecule has 4 heteroatoms. The normalized spacial score (nSPS) is 12.4. The van der Waals surface area contributed by atoms with Crippen molar-refractivity contribution in [2.24, 2.45) is 5.73 Å². The van der Waals surface area contributed by atoms with Gasteiger partial charge in [0.15, 0.2) is 0 Å². The predicted molar refractivity (Wildman–Crippen MR) is 78.9 cm³/mol. The second kappa shape index (κ2) is 8.67. The molecular weight excluding hydrogens is 238 g/mol. The van der Waals surface area contributed by atoms with Crippen molar-refractivity contribution in [2.75, 3.05) is 26.2 Å². The van der Waals surface area contributed by atoms with E-state index in [0.29, 0.717) is 13.0 Å². The Bertz CT molecular complexity index is 363. The van der Waals surface area contributed by atoms with Crippen LogP contribution in [0.2, 0.25) is 0 Å². The zero-order valence-corrected chi connectivity index (χ0v) is 11.9. The summed E-state index contributed by atoms with van der Waals surface area (Å²) < 4.78 is 0. The molecule has 0 spiro atoms. The fourth-order valence-corrected chi connectivity index (χ4v) is 1.97. The second-order valence-corrected chi connectivity index (χ2v) is 4.61. The first-order chi connectivity index (χ1) is 9.17. The van der Waals surface area contributed by atoms with Crippen LogP contribution in [0.4, 0.5) is 0 Å². The molecule has 0 radical (unpaired) electrons. The van der Waals surface area contributed by atoms with Crippen LogP contribution < -0.4 is 11.1 Å². The fourth-order valence-electron chi connectivity index (χ4n) is 1.97. The van der Waals surface area contributed by atoms with Crippen LogP contribution in [-0.2, 0) is 11.2 Å². The summed E-state index contributed by atoms with van der Waals surface area (Å²) in [4.78, 5) is 14.1. The van der Waals surface area contributed by atoms with E-state index in [1.807, 2.05) is 30.3 Å². The summed E-state index contributed by atoms with van der Waals surface area (Å²) in [7, 11) is 0. The van der Waals surface area contributed by atoms with E-state index in [4.69, 9.17) is 5.73 Å². The van der Waals surface area contributed by atoms with E-state index in [1.165, 1.54) is 0 Å². The second-order valence-electron chi connectivity index (χ2n) is 4.61. The van der Waals surface area contributed by atoms with Gasteiger partial charge in [0.25, 0.3) is 0 Å². The van der Waals surface area contributed by atoms with Gasteiger partial charge in [0.2, 0.25) is 5.91 Å². The molecule has 1 aromatic rings. The Balaban J connectivity index is 2.29. The van der Waals surface area contributed by atoms with Crippen molar-refractivity contribution in [3.05, 3.63) is 35.9 Å². The van der Waals surface area contributed by atoms with Gasteiger partial charge in [-0.25, -0.2) is 0 Å². The van der Waals surface area contributed by atoms with E-state index < -0.39 is 6.04 Å². The highest BCUT2D eigenvalue weighted by atomic mass is 16.2. The monoisotopic (exact) mass is 263 g/mol. The van der Waals surface area contributed by atoms with E-state index in [1.54, 1.807) is 0 Å². The molecule has 4 nitrogen and oxygen atoms in total. The molecule has 0 aliphatic heterocycles. The maximum absolute atomic E-state index is 11.9. The van der Waals surface area contributed by atoms with Gasteiger partial charge in [-0.2, -0.15) is 0 Å². The van der Waals surface area contributed by atoms with Gasteiger partial charge in [0, 0.05) is 13.1 Å². The lowest BCUT2D eigenvalue weighted by Crippen LogP contribution is -2.44. The molecule has 1 amide bonds. The lowest BCUT2D eigenvalue weighted by Gasteiger charge is -2.19. The maximum atomic E-state index is 11.9. The molecule has 0 aliphatic rings. The van der Waals surface area contributed by atoms with Gasteiger partial charge < -0.3 is 16.0 Å². The number of amides is 1. The Morgan fingerprint density at radius 2 is 1.89 bits per heavy atom. The average molecular weight is 263 g/mol. The molecule has 1 unspecified atom stereocenters. The van der Waals surface area contributed by atoms with Crippen molar-refractivity contribution < 1.29 is 4.79 Å². The van der Waals surface area contributed by atoms with E-state index in [2.05, 4.69) is 24.1 Å². The number of carbonyl (C=O) groups excluding carboxylic acids is 1. The number of nitrogens with two attached hydrogens (primary N) is 1. The van der Waals surface area contributed by atoms with Gasteiger partial charge >= 0.3 is 0 Å². The Labute approximate surface area is 116 Å². The van der Waals surface area contributed by atoms with Crippen LogP contribution in [0, 0.1) is 0 Å². The first-order valence-electron chi connectivity index (χ1n) is 6.97. The smallest absolute Gasteiger partial charge is 0.237 e. The number of benzene rings is 1. The van der Waals surface area contributed by atoms with Crippen LogP contribution >= 0.6 is 0 Å². The molecular formula is C15H25N3O. The maximum Gasteiger partial charge on any atom is 0.237 e.